The number of carboxylic acid groups (broad SMARTS) is 1. The van der Waals surface area contributed by atoms with E-state index in [1.807, 2.05) is 0 Å². The molecule has 3 nitrogen and oxygen atoms in total. The number of alkyl halides is 3. The Kier molecular flexibility index (Phi) is 3.31. The summed E-state index contributed by atoms with van der Waals surface area (Å²) in [6.45, 7) is -0.690. The third-order valence-corrected chi connectivity index (χ3v) is 1.58. The number of carboxylic acids is 1. The highest BCUT2D eigenvalue weighted by molar-refractivity contribution is 5.87. The molecule has 1 N–H and O–H groups in total. The molecule has 0 saturated heterocycles. The van der Waals surface area contributed by atoms with E-state index in [0.717, 1.165) is 6.07 Å². The van der Waals surface area contributed by atoms with E-state index < -0.39 is 18.9 Å². The zero-order chi connectivity index (χ0) is 11.5. The lowest BCUT2D eigenvalue weighted by Crippen LogP contribution is -2.13. The molecule has 0 atom stereocenters. The van der Waals surface area contributed by atoms with Gasteiger partial charge in [0.05, 0.1) is 12.2 Å². The highest BCUT2D eigenvalue weighted by Gasteiger charge is 2.28. The van der Waals surface area contributed by atoms with E-state index in [-0.39, 0.29) is 11.1 Å². The summed E-state index contributed by atoms with van der Waals surface area (Å²) in [5.41, 5.74) is 0.0884. The quantitative estimate of drug-likeness (QED) is 0.850. The number of aromatic carboxylic acids is 1. The molecule has 0 spiro atoms. The Balaban J connectivity index is 2.70. The van der Waals surface area contributed by atoms with Crippen LogP contribution in [0.2, 0.25) is 0 Å². The fourth-order valence-corrected chi connectivity index (χ4v) is 0.959. The molecule has 0 aliphatic carbocycles. The van der Waals surface area contributed by atoms with Gasteiger partial charge >= 0.3 is 12.3 Å². The van der Waals surface area contributed by atoms with Crippen LogP contribution in [0.5, 0.6) is 0 Å². The first-order valence-electron chi connectivity index (χ1n) is 3.91. The second-order valence-corrected chi connectivity index (χ2v) is 2.74. The standard InChI is InChI=1S/C9H7F3O3/c10-9(11,12)15-5-6-2-1-3-7(4-6)8(13)14/h1-4H,5H2,(H,13,14). The van der Waals surface area contributed by atoms with Crippen molar-refractivity contribution in [2.75, 3.05) is 0 Å². The smallest absolute Gasteiger partial charge is 0.478 e. The highest BCUT2D eigenvalue weighted by atomic mass is 19.4. The van der Waals surface area contributed by atoms with Gasteiger partial charge < -0.3 is 5.11 Å². The van der Waals surface area contributed by atoms with Crippen molar-refractivity contribution >= 4 is 5.97 Å². The van der Waals surface area contributed by atoms with Gasteiger partial charge in [-0.25, -0.2) is 4.79 Å². The minimum Gasteiger partial charge on any atom is -0.478 e. The number of benzene rings is 1. The minimum absolute atomic E-state index is 0.0710. The van der Waals surface area contributed by atoms with Crippen molar-refractivity contribution in [1.29, 1.82) is 0 Å². The molecule has 0 radical (unpaired) electrons. The number of carbonyl (C=O) groups is 1. The first kappa shape index (κ1) is 11.5. The zero-order valence-electron chi connectivity index (χ0n) is 7.41. The zero-order valence-corrected chi connectivity index (χ0v) is 7.41. The maximum absolute atomic E-state index is 11.7. The number of ether oxygens (including phenoxy) is 1. The van der Waals surface area contributed by atoms with Gasteiger partial charge in [0.25, 0.3) is 0 Å². The minimum atomic E-state index is -4.71. The van der Waals surface area contributed by atoms with Crippen LogP contribution in [0.4, 0.5) is 13.2 Å². The van der Waals surface area contributed by atoms with E-state index in [9.17, 15) is 18.0 Å². The Morgan fingerprint density at radius 1 is 1.40 bits per heavy atom. The van der Waals surface area contributed by atoms with Gasteiger partial charge in [-0.3, -0.25) is 4.74 Å². The summed E-state index contributed by atoms with van der Waals surface area (Å²) >= 11 is 0. The van der Waals surface area contributed by atoms with Gasteiger partial charge in [0.15, 0.2) is 0 Å². The molecule has 0 aliphatic heterocycles. The second-order valence-electron chi connectivity index (χ2n) is 2.74. The molecule has 0 bridgehead atoms. The summed E-state index contributed by atoms with van der Waals surface area (Å²) in [4.78, 5) is 10.5. The van der Waals surface area contributed by atoms with Gasteiger partial charge in [-0.15, -0.1) is 13.2 Å². The normalized spacial score (nSPS) is 11.4. The van der Waals surface area contributed by atoms with Crippen LogP contribution in [0.25, 0.3) is 0 Å². The van der Waals surface area contributed by atoms with E-state index in [0.29, 0.717) is 0 Å². The molecule has 1 aromatic rings. The van der Waals surface area contributed by atoms with Crippen LogP contribution in [0.1, 0.15) is 15.9 Å². The number of halogens is 3. The molecule has 0 heterocycles. The Labute approximate surface area is 83.1 Å². The Morgan fingerprint density at radius 2 is 2.07 bits per heavy atom. The lowest BCUT2D eigenvalue weighted by Gasteiger charge is -2.07. The first-order chi connectivity index (χ1) is 6.88. The van der Waals surface area contributed by atoms with Gasteiger partial charge in [-0.2, -0.15) is 0 Å². The first-order valence-corrected chi connectivity index (χ1v) is 3.91. The van der Waals surface area contributed by atoms with Crippen molar-refractivity contribution in [3.05, 3.63) is 35.4 Å². The van der Waals surface area contributed by atoms with Crippen molar-refractivity contribution in [3.63, 3.8) is 0 Å². The summed E-state index contributed by atoms with van der Waals surface area (Å²) in [7, 11) is 0. The third kappa shape index (κ3) is 3.99. The van der Waals surface area contributed by atoms with Crippen LogP contribution in [0, 0.1) is 0 Å². The molecule has 0 unspecified atom stereocenters. The van der Waals surface area contributed by atoms with E-state index in [1.54, 1.807) is 0 Å². The Bertz CT molecular complexity index is 360. The highest BCUT2D eigenvalue weighted by Crippen LogP contribution is 2.19. The van der Waals surface area contributed by atoms with Crippen LogP contribution < -0.4 is 0 Å². The molecule has 6 heteroatoms. The number of rotatable bonds is 3. The average Bonchev–Trinajstić information content (AvgIpc) is 2.14. The predicted octanol–water partition coefficient (Wildman–Crippen LogP) is 2.42. The van der Waals surface area contributed by atoms with E-state index in [2.05, 4.69) is 4.74 Å². The number of hydrogen-bond acceptors (Lipinski definition) is 2. The molecule has 0 aliphatic rings. The van der Waals surface area contributed by atoms with E-state index >= 15 is 0 Å². The van der Waals surface area contributed by atoms with Crippen molar-refractivity contribution in [1.82, 2.24) is 0 Å². The summed E-state index contributed by atoms with van der Waals surface area (Å²) in [6.07, 6.45) is -4.71. The molecule has 1 aromatic carbocycles. The van der Waals surface area contributed by atoms with Gasteiger partial charge in [-0.1, -0.05) is 12.1 Å². The van der Waals surface area contributed by atoms with Gasteiger partial charge in [0.2, 0.25) is 0 Å². The topological polar surface area (TPSA) is 46.5 Å². The Morgan fingerprint density at radius 3 is 2.60 bits per heavy atom. The lowest BCUT2D eigenvalue weighted by atomic mass is 10.1. The summed E-state index contributed by atoms with van der Waals surface area (Å²) in [5, 5.41) is 8.57. The van der Waals surface area contributed by atoms with E-state index in [1.165, 1.54) is 18.2 Å². The SMILES string of the molecule is O=C(O)c1cccc(COC(F)(F)F)c1. The van der Waals surface area contributed by atoms with Crippen LogP contribution >= 0.6 is 0 Å². The van der Waals surface area contributed by atoms with Crippen molar-refractivity contribution in [2.24, 2.45) is 0 Å². The number of hydrogen-bond donors (Lipinski definition) is 1. The van der Waals surface area contributed by atoms with Gasteiger partial charge in [0, 0.05) is 0 Å². The lowest BCUT2D eigenvalue weighted by molar-refractivity contribution is -0.330. The maximum atomic E-state index is 11.7. The van der Waals surface area contributed by atoms with Crippen molar-refractivity contribution in [2.45, 2.75) is 13.0 Å². The molecule has 15 heavy (non-hydrogen) atoms. The molecule has 82 valence electrons. The van der Waals surface area contributed by atoms with Crippen LogP contribution in [0.3, 0.4) is 0 Å². The molecule has 0 saturated carbocycles. The molecule has 1 rings (SSSR count). The van der Waals surface area contributed by atoms with Crippen molar-refractivity contribution in [3.8, 4) is 0 Å². The van der Waals surface area contributed by atoms with Gasteiger partial charge in [-0.05, 0) is 17.7 Å². The molecule has 0 amide bonds. The fraction of sp³-hybridized carbons (Fsp3) is 0.222. The second kappa shape index (κ2) is 4.31. The molecular weight excluding hydrogens is 213 g/mol. The summed E-state index contributed by atoms with van der Waals surface area (Å²) < 4.78 is 38.5. The average molecular weight is 220 g/mol. The largest absolute Gasteiger partial charge is 0.522 e. The maximum Gasteiger partial charge on any atom is 0.522 e. The van der Waals surface area contributed by atoms with E-state index in [4.69, 9.17) is 5.11 Å². The Hall–Kier alpha value is -1.56. The fourth-order valence-electron chi connectivity index (χ4n) is 0.959. The molecule has 0 fully saturated rings. The third-order valence-electron chi connectivity index (χ3n) is 1.58. The van der Waals surface area contributed by atoms with Crippen LogP contribution in [-0.4, -0.2) is 17.4 Å². The van der Waals surface area contributed by atoms with Crippen LogP contribution in [-0.2, 0) is 11.3 Å². The van der Waals surface area contributed by atoms with Crippen LogP contribution in [0.15, 0.2) is 24.3 Å². The predicted molar refractivity (Wildman–Crippen MR) is 44.2 cm³/mol. The monoisotopic (exact) mass is 220 g/mol. The summed E-state index contributed by atoms with van der Waals surface area (Å²) in [6, 6.07) is 5.14. The molecular formula is C9H7F3O3. The van der Waals surface area contributed by atoms with Crippen molar-refractivity contribution < 1.29 is 27.8 Å². The van der Waals surface area contributed by atoms with Gasteiger partial charge in [0.1, 0.15) is 0 Å². The molecule has 0 aromatic heterocycles. The summed E-state index contributed by atoms with van der Waals surface area (Å²) in [5.74, 6) is -1.19.